The van der Waals surface area contributed by atoms with Gasteiger partial charge in [-0.25, -0.2) is 0 Å². The highest BCUT2D eigenvalue weighted by molar-refractivity contribution is 6.59. The summed E-state index contributed by atoms with van der Waals surface area (Å²) < 4.78 is 5.50. The van der Waals surface area contributed by atoms with Gasteiger partial charge in [-0.2, -0.15) is 0 Å². The highest BCUT2D eigenvalue weighted by atomic mass is 16.5. The molecule has 82 valence electrons. The average molecular weight is 208 g/mol. The smallest absolute Gasteiger partial charge is 0.488 e. The number of aryl methyl sites for hydroxylation is 1. The third-order valence-electron chi connectivity index (χ3n) is 2.29. The van der Waals surface area contributed by atoms with Gasteiger partial charge in [0, 0.05) is 0 Å². The minimum absolute atomic E-state index is 0.526. The van der Waals surface area contributed by atoms with Crippen molar-refractivity contribution in [2.45, 2.75) is 26.7 Å². The fourth-order valence-electron chi connectivity index (χ4n) is 1.36. The van der Waals surface area contributed by atoms with E-state index >= 15 is 0 Å². The molecule has 15 heavy (non-hydrogen) atoms. The molecule has 0 saturated heterocycles. The number of hydrogen-bond donors (Lipinski definition) is 2. The molecule has 1 aromatic carbocycles. The summed E-state index contributed by atoms with van der Waals surface area (Å²) in [5.74, 6) is 0.783. The van der Waals surface area contributed by atoms with Gasteiger partial charge < -0.3 is 14.8 Å². The lowest BCUT2D eigenvalue weighted by Gasteiger charge is -2.09. The molecule has 4 heteroatoms. The minimum atomic E-state index is -1.41. The first-order valence-electron chi connectivity index (χ1n) is 5.24. The third kappa shape index (κ3) is 3.57. The summed E-state index contributed by atoms with van der Waals surface area (Å²) in [5.41, 5.74) is 1.36. The van der Waals surface area contributed by atoms with Crippen LogP contribution in [0.4, 0.5) is 0 Å². The zero-order valence-corrected chi connectivity index (χ0v) is 9.23. The SMILES string of the molecule is CCCCOc1ccc(B(O)O)c(C)c1. The van der Waals surface area contributed by atoms with E-state index in [1.807, 2.05) is 13.0 Å². The van der Waals surface area contributed by atoms with Gasteiger partial charge in [0.05, 0.1) is 6.61 Å². The normalized spacial score (nSPS) is 10.1. The van der Waals surface area contributed by atoms with Crippen molar-refractivity contribution in [2.24, 2.45) is 0 Å². The molecule has 0 aliphatic rings. The van der Waals surface area contributed by atoms with Gasteiger partial charge >= 0.3 is 7.12 Å². The Kier molecular flexibility index (Phi) is 4.65. The Balaban J connectivity index is 2.65. The van der Waals surface area contributed by atoms with E-state index in [0.717, 1.165) is 24.2 Å². The van der Waals surface area contributed by atoms with Crippen LogP contribution in [0.15, 0.2) is 18.2 Å². The van der Waals surface area contributed by atoms with Crippen molar-refractivity contribution in [2.75, 3.05) is 6.61 Å². The predicted octanol–water partition coefficient (Wildman–Crippen LogP) is 0.854. The lowest BCUT2D eigenvalue weighted by Crippen LogP contribution is -2.31. The highest BCUT2D eigenvalue weighted by Gasteiger charge is 2.13. The van der Waals surface area contributed by atoms with Crippen LogP contribution in [0.25, 0.3) is 0 Å². The van der Waals surface area contributed by atoms with Crippen LogP contribution in [-0.2, 0) is 0 Å². The zero-order valence-electron chi connectivity index (χ0n) is 9.23. The topological polar surface area (TPSA) is 49.7 Å². The van der Waals surface area contributed by atoms with Crippen LogP contribution in [0.3, 0.4) is 0 Å². The number of rotatable bonds is 5. The molecule has 0 aliphatic heterocycles. The first-order chi connectivity index (χ1) is 7.15. The van der Waals surface area contributed by atoms with Crippen molar-refractivity contribution >= 4 is 12.6 Å². The molecule has 0 atom stereocenters. The second-order valence-corrected chi connectivity index (χ2v) is 3.59. The van der Waals surface area contributed by atoms with Gasteiger partial charge in [0.2, 0.25) is 0 Å². The van der Waals surface area contributed by atoms with Gasteiger partial charge in [-0.1, -0.05) is 19.4 Å². The van der Waals surface area contributed by atoms with Crippen molar-refractivity contribution < 1.29 is 14.8 Å². The highest BCUT2D eigenvalue weighted by Crippen LogP contribution is 2.11. The summed E-state index contributed by atoms with van der Waals surface area (Å²) >= 11 is 0. The van der Waals surface area contributed by atoms with Gasteiger partial charge in [0.25, 0.3) is 0 Å². The largest absolute Gasteiger partial charge is 0.494 e. The van der Waals surface area contributed by atoms with E-state index in [0.29, 0.717) is 12.1 Å². The Labute approximate surface area is 90.9 Å². The number of benzene rings is 1. The summed E-state index contributed by atoms with van der Waals surface area (Å²) in [6.07, 6.45) is 2.13. The summed E-state index contributed by atoms with van der Waals surface area (Å²) in [4.78, 5) is 0. The molecule has 0 aromatic heterocycles. The maximum Gasteiger partial charge on any atom is 0.488 e. The van der Waals surface area contributed by atoms with E-state index in [4.69, 9.17) is 14.8 Å². The predicted molar refractivity (Wildman–Crippen MR) is 61.4 cm³/mol. The van der Waals surface area contributed by atoms with Crippen molar-refractivity contribution in [3.63, 3.8) is 0 Å². The van der Waals surface area contributed by atoms with Crippen LogP contribution in [-0.4, -0.2) is 23.8 Å². The second-order valence-electron chi connectivity index (χ2n) is 3.59. The molecule has 0 aliphatic carbocycles. The van der Waals surface area contributed by atoms with Gasteiger partial charge in [-0.15, -0.1) is 0 Å². The molecule has 1 aromatic rings. The van der Waals surface area contributed by atoms with Gasteiger partial charge in [-0.3, -0.25) is 0 Å². The van der Waals surface area contributed by atoms with E-state index in [2.05, 4.69) is 6.92 Å². The Bertz CT molecular complexity index is 313. The molecule has 0 unspecified atom stereocenters. The summed E-state index contributed by atoms with van der Waals surface area (Å²) in [5, 5.41) is 18.0. The van der Waals surface area contributed by atoms with Crippen LogP contribution in [0.2, 0.25) is 0 Å². The molecule has 3 nitrogen and oxygen atoms in total. The molecule has 0 spiro atoms. The molecule has 0 bridgehead atoms. The van der Waals surface area contributed by atoms with E-state index in [1.54, 1.807) is 12.1 Å². The first kappa shape index (κ1) is 12.1. The Morgan fingerprint density at radius 2 is 2.07 bits per heavy atom. The Hall–Kier alpha value is -0.995. The lowest BCUT2D eigenvalue weighted by atomic mass is 9.77. The van der Waals surface area contributed by atoms with E-state index < -0.39 is 7.12 Å². The van der Waals surface area contributed by atoms with Gasteiger partial charge in [-0.05, 0) is 36.5 Å². The van der Waals surface area contributed by atoms with E-state index in [1.165, 1.54) is 0 Å². The molecule has 0 radical (unpaired) electrons. The van der Waals surface area contributed by atoms with Crippen molar-refractivity contribution in [3.05, 3.63) is 23.8 Å². The van der Waals surface area contributed by atoms with Gasteiger partial charge in [0.1, 0.15) is 5.75 Å². The van der Waals surface area contributed by atoms with Crippen LogP contribution < -0.4 is 10.2 Å². The van der Waals surface area contributed by atoms with Crippen LogP contribution in [0.5, 0.6) is 5.75 Å². The van der Waals surface area contributed by atoms with E-state index in [9.17, 15) is 0 Å². The molecule has 0 saturated carbocycles. The second kappa shape index (κ2) is 5.78. The number of ether oxygens (including phenoxy) is 1. The lowest BCUT2D eigenvalue weighted by molar-refractivity contribution is 0.309. The average Bonchev–Trinajstić information content (AvgIpc) is 2.17. The van der Waals surface area contributed by atoms with Gasteiger partial charge in [0.15, 0.2) is 0 Å². The molecule has 2 N–H and O–H groups in total. The molecule has 0 fully saturated rings. The molecular weight excluding hydrogens is 191 g/mol. The fraction of sp³-hybridized carbons (Fsp3) is 0.455. The third-order valence-corrected chi connectivity index (χ3v) is 2.29. The number of unbranched alkanes of at least 4 members (excludes halogenated alkanes) is 1. The minimum Gasteiger partial charge on any atom is -0.494 e. The molecular formula is C11H17BO3. The monoisotopic (exact) mass is 208 g/mol. The molecule has 1 rings (SSSR count). The molecule has 0 heterocycles. The van der Waals surface area contributed by atoms with Crippen molar-refractivity contribution in [1.29, 1.82) is 0 Å². The number of hydrogen-bond acceptors (Lipinski definition) is 3. The Morgan fingerprint density at radius 3 is 2.60 bits per heavy atom. The Morgan fingerprint density at radius 1 is 1.33 bits per heavy atom. The first-order valence-corrected chi connectivity index (χ1v) is 5.24. The maximum absolute atomic E-state index is 9.02. The molecule has 0 amide bonds. The van der Waals surface area contributed by atoms with Crippen molar-refractivity contribution in [1.82, 2.24) is 0 Å². The zero-order chi connectivity index (χ0) is 11.3. The van der Waals surface area contributed by atoms with Crippen LogP contribution in [0, 0.1) is 6.92 Å². The fourth-order valence-corrected chi connectivity index (χ4v) is 1.36. The van der Waals surface area contributed by atoms with Crippen LogP contribution >= 0.6 is 0 Å². The maximum atomic E-state index is 9.02. The van der Waals surface area contributed by atoms with Crippen LogP contribution in [0.1, 0.15) is 25.3 Å². The van der Waals surface area contributed by atoms with Crippen molar-refractivity contribution in [3.8, 4) is 5.75 Å². The summed E-state index contributed by atoms with van der Waals surface area (Å²) in [6, 6.07) is 5.27. The quantitative estimate of drug-likeness (QED) is 0.557. The summed E-state index contributed by atoms with van der Waals surface area (Å²) in [6.45, 7) is 4.65. The standard InChI is InChI=1S/C11H17BO3/c1-3-4-7-15-10-5-6-11(12(13)14)9(2)8-10/h5-6,8,13-14H,3-4,7H2,1-2H3. The van der Waals surface area contributed by atoms with E-state index in [-0.39, 0.29) is 0 Å². The summed E-state index contributed by atoms with van der Waals surface area (Å²) in [7, 11) is -1.41.